The Labute approximate surface area is 129 Å². The predicted molar refractivity (Wildman–Crippen MR) is 84.2 cm³/mol. The first kappa shape index (κ1) is 15.8. The van der Waals surface area contributed by atoms with Gasteiger partial charge in [0, 0.05) is 0 Å². The van der Waals surface area contributed by atoms with Gasteiger partial charge in [0.1, 0.15) is 23.4 Å². The van der Waals surface area contributed by atoms with E-state index in [9.17, 15) is 9.90 Å². The molecule has 0 saturated carbocycles. The number of allylic oxidation sites excluding steroid dienone is 1. The fourth-order valence-electron chi connectivity index (χ4n) is 2.23. The first-order valence-corrected chi connectivity index (χ1v) is 6.78. The quantitative estimate of drug-likeness (QED) is 0.658. The van der Waals surface area contributed by atoms with E-state index in [1.807, 2.05) is 0 Å². The number of hydrogen-bond acceptors (Lipinski definition) is 4. The molecule has 1 N–H and O–H groups in total. The molecule has 0 aromatic heterocycles. The highest BCUT2D eigenvalue weighted by Crippen LogP contribution is 2.33. The molecule has 0 saturated heterocycles. The molecule has 0 spiro atoms. The molecular formula is C18H18O4. The smallest absolute Gasteiger partial charge is 0.142 e. The molecule has 2 rings (SSSR count). The minimum atomic E-state index is -1.40. The average molecular weight is 298 g/mol. The maximum absolute atomic E-state index is 11.1. The van der Waals surface area contributed by atoms with E-state index >= 15 is 0 Å². The van der Waals surface area contributed by atoms with Crippen molar-refractivity contribution in [3.8, 4) is 11.5 Å². The molecule has 0 aliphatic carbocycles. The van der Waals surface area contributed by atoms with Gasteiger partial charge < -0.3 is 14.6 Å². The Morgan fingerprint density at radius 2 is 1.27 bits per heavy atom. The summed E-state index contributed by atoms with van der Waals surface area (Å²) in [6.45, 7) is 0. The van der Waals surface area contributed by atoms with Crippen LogP contribution in [0.5, 0.6) is 11.5 Å². The van der Waals surface area contributed by atoms with Crippen LogP contribution in [0.25, 0.3) is 0 Å². The van der Waals surface area contributed by atoms with Gasteiger partial charge in [-0.2, -0.15) is 0 Å². The number of ether oxygens (including phenoxy) is 2. The summed E-state index contributed by atoms with van der Waals surface area (Å²) in [5.41, 5.74) is -0.132. The van der Waals surface area contributed by atoms with Crippen LogP contribution in [0.1, 0.15) is 11.1 Å². The second-order valence-electron chi connectivity index (χ2n) is 4.72. The lowest BCUT2D eigenvalue weighted by atomic mass is 9.86. The lowest BCUT2D eigenvalue weighted by Crippen LogP contribution is -2.24. The van der Waals surface area contributed by atoms with Crippen molar-refractivity contribution in [1.29, 1.82) is 0 Å². The lowest BCUT2D eigenvalue weighted by molar-refractivity contribution is -0.104. The molecule has 0 heterocycles. The molecule has 22 heavy (non-hydrogen) atoms. The molecule has 0 fully saturated rings. The number of carbonyl (C=O) groups excluding carboxylic acids is 1. The third kappa shape index (κ3) is 3.18. The molecule has 0 amide bonds. The van der Waals surface area contributed by atoms with E-state index in [2.05, 4.69) is 0 Å². The maximum Gasteiger partial charge on any atom is 0.142 e. The zero-order chi connectivity index (χ0) is 16.0. The van der Waals surface area contributed by atoms with Crippen molar-refractivity contribution < 1.29 is 19.4 Å². The molecule has 2 aromatic carbocycles. The fraction of sp³-hybridized carbons (Fsp3) is 0.167. The Morgan fingerprint density at radius 1 is 0.864 bits per heavy atom. The predicted octanol–water partition coefficient (Wildman–Crippen LogP) is 2.69. The van der Waals surface area contributed by atoms with E-state index < -0.39 is 5.60 Å². The third-order valence-electron chi connectivity index (χ3n) is 3.48. The van der Waals surface area contributed by atoms with Gasteiger partial charge in [0.05, 0.1) is 14.2 Å². The van der Waals surface area contributed by atoms with Crippen LogP contribution in [0, 0.1) is 0 Å². The van der Waals surface area contributed by atoms with E-state index in [0.29, 0.717) is 28.9 Å². The summed E-state index contributed by atoms with van der Waals surface area (Å²) in [4.78, 5) is 10.7. The Hall–Kier alpha value is -2.59. The maximum atomic E-state index is 11.1. The largest absolute Gasteiger partial charge is 0.497 e. The standard InChI is InChI=1S/C18H18O4/c1-21-16-8-4-14(5-9-16)18(20,12-3-13-19)15-6-10-17(22-2)11-7-15/h3-13,20H,1-2H3/b12-3+. The van der Waals surface area contributed by atoms with Gasteiger partial charge in [-0.1, -0.05) is 24.3 Å². The highest BCUT2D eigenvalue weighted by molar-refractivity contribution is 5.66. The molecule has 0 aliphatic heterocycles. The fourth-order valence-corrected chi connectivity index (χ4v) is 2.23. The normalized spacial score (nSPS) is 11.4. The van der Waals surface area contributed by atoms with Gasteiger partial charge in [-0.25, -0.2) is 0 Å². The van der Waals surface area contributed by atoms with E-state index in [-0.39, 0.29) is 0 Å². The van der Waals surface area contributed by atoms with Crippen LogP contribution in [0.2, 0.25) is 0 Å². The Kier molecular flexibility index (Phi) is 4.96. The van der Waals surface area contributed by atoms with Crippen molar-refractivity contribution >= 4 is 6.29 Å². The van der Waals surface area contributed by atoms with Gasteiger partial charge in [0.25, 0.3) is 0 Å². The summed E-state index contributed by atoms with van der Waals surface area (Å²) in [6.07, 6.45) is 3.39. The van der Waals surface area contributed by atoms with Crippen LogP contribution in [-0.4, -0.2) is 25.6 Å². The number of carbonyl (C=O) groups is 1. The number of benzene rings is 2. The highest BCUT2D eigenvalue weighted by Gasteiger charge is 2.28. The van der Waals surface area contributed by atoms with Gasteiger partial charge in [0.2, 0.25) is 0 Å². The second-order valence-corrected chi connectivity index (χ2v) is 4.72. The van der Waals surface area contributed by atoms with Crippen LogP contribution >= 0.6 is 0 Å². The van der Waals surface area contributed by atoms with Crippen molar-refractivity contribution in [3.05, 3.63) is 71.8 Å². The zero-order valence-electron chi connectivity index (χ0n) is 12.5. The van der Waals surface area contributed by atoms with E-state index in [1.54, 1.807) is 62.8 Å². The first-order valence-electron chi connectivity index (χ1n) is 6.78. The molecule has 2 aromatic rings. The average Bonchev–Trinajstić information content (AvgIpc) is 2.59. The van der Waals surface area contributed by atoms with E-state index in [4.69, 9.17) is 9.47 Å². The van der Waals surface area contributed by atoms with Crippen LogP contribution in [-0.2, 0) is 10.4 Å². The minimum absolute atomic E-state index is 0.636. The summed E-state index contributed by atoms with van der Waals surface area (Å²) in [5.74, 6) is 1.39. The summed E-state index contributed by atoms with van der Waals surface area (Å²) >= 11 is 0. The number of aldehydes is 1. The molecule has 4 nitrogen and oxygen atoms in total. The van der Waals surface area contributed by atoms with Crippen LogP contribution in [0.15, 0.2) is 60.7 Å². The van der Waals surface area contributed by atoms with Gasteiger partial charge in [-0.3, -0.25) is 4.79 Å². The van der Waals surface area contributed by atoms with Crippen LogP contribution in [0.4, 0.5) is 0 Å². The molecule has 0 radical (unpaired) electrons. The third-order valence-corrected chi connectivity index (χ3v) is 3.48. The van der Waals surface area contributed by atoms with Crippen molar-refractivity contribution in [2.24, 2.45) is 0 Å². The van der Waals surface area contributed by atoms with Crippen LogP contribution < -0.4 is 9.47 Å². The number of methoxy groups -OCH3 is 2. The van der Waals surface area contributed by atoms with Crippen molar-refractivity contribution in [1.82, 2.24) is 0 Å². The SMILES string of the molecule is COc1ccc(C(O)(/C=C/C=O)c2ccc(OC)cc2)cc1. The molecule has 0 atom stereocenters. The highest BCUT2D eigenvalue weighted by atomic mass is 16.5. The lowest BCUT2D eigenvalue weighted by Gasteiger charge is -2.26. The minimum Gasteiger partial charge on any atom is -0.497 e. The van der Waals surface area contributed by atoms with E-state index in [1.165, 1.54) is 12.2 Å². The number of hydrogen-bond donors (Lipinski definition) is 1. The van der Waals surface area contributed by atoms with Crippen molar-refractivity contribution in [2.75, 3.05) is 14.2 Å². The molecule has 0 bridgehead atoms. The van der Waals surface area contributed by atoms with Crippen LogP contribution in [0.3, 0.4) is 0 Å². The summed E-state index contributed by atoms with van der Waals surface area (Å²) in [5, 5.41) is 11.1. The Morgan fingerprint density at radius 3 is 1.59 bits per heavy atom. The van der Waals surface area contributed by atoms with Gasteiger partial charge in [-0.15, -0.1) is 0 Å². The molecule has 114 valence electrons. The van der Waals surface area contributed by atoms with E-state index in [0.717, 1.165) is 0 Å². The molecule has 0 unspecified atom stereocenters. The summed E-state index contributed by atoms with van der Waals surface area (Å²) in [7, 11) is 3.16. The molecule has 4 heteroatoms. The molecular weight excluding hydrogens is 280 g/mol. The summed E-state index contributed by atoms with van der Waals surface area (Å²) in [6, 6.07) is 14.1. The number of aliphatic hydroxyl groups is 1. The van der Waals surface area contributed by atoms with Gasteiger partial charge in [-0.05, 0) is 47.5 Å². The zero-order valence-corrected chi connectivity index (χ0v) is 12.5. The monoisotopic (exact) mass is 298 g/mol. The van der Waals surface area contributed by atoms with Crippen molar-refractivity contribution in [2.45, 2.75) is 5.60 Å². The van der Waals surface area contributed by atoms with Gasteiger partial charge >= 0.3 is 0 Å². The Balaban J connectivity index is 2.49. The second kappa shape index (κ2) is 6.91. The number of rotatable bonds is 6. The van der Waals surface area contributed by atoms with Gasteiger partial charge in [0.15, 0.2) is 0 Å². The first-order chi connectivity index (χ1) is 10.6. The Bertz CT molecular complexity index is 594. The topological polar surface area (TPSA) is 55.8 Å². The molecule has 0 aliphatic rings. The van der Waals surface area contributed by atoms with Crippen molar-refractivity contribution in [3.63, 3.8) is 0 Å². The summed E-state index contributed by atoms with van der Waals surface area (Å²) < 4.78 is 10.3.